The zero-order valence-electron chi connectivity index (χ0n) is 23.0. The lowest BCUT2D eigenvalue weighted by Gasteiger charge is -2.27. The van der Waals surface area contributed by atoms with E-state index in [1.165, 1.54) is 0 Å². The van der Waals surface area contributed by atoms with Crippen molar-refractivity contribution in [2.24, 2.45) is 5.41 Å². The molecule has 40 heavy (non-hydrogen) atoms. The van der Waals surface area contributed by atoms with Crippen LogP contribution in [-0.4, -0.2) is 150 Å². The Kier molecular flexibility index (Phi) is 17.5. The standard InChI is InChI=1S/C24H47N3O13/c1-24(2,3)7-6-18(35)27-12(23(40)26-9-14(31)20(37)22(39)16(33)11-29)4-5-17(34)25-8-13(30)19(36)21(38)15(32)10-28/h12-16,19-22,28-33,36-39H,4-11H2,1-3H3,(H,25,34)(H,26,40)(H,27,35)/t12-,13-,14-,15+,16+,19+,20+,21+,22+/m0/s1. The molecule has 0 rings (SSSR count). The van der Waals surface area contributed by atoms with Gasteiger partial charge in [0.05, 0.1) is 25.4 Å². The highest BCUT2D eigenvalue weighted by molar-refractivity contribution is 5.88. The van der Waals surface area contributed by atoms with Crippen LogP contribution in [0.25, 0.3) is 0 Å². The van der Waals surface area contributed by atoms with E-state index in [-0.39, 0.29) is 24.7 Å². The SMILES string of the molecule is CC(C)(C)CCC(=O)N[C@@H](CCC(=O)NC[C@H](O)[C@@H](O)[C@H](O)[C@H](O)CO)C(=O)NC[C@H](O)[C@@H](O)[C@H](O)[C@H](O)CO. The van der Waals surface area contributed by atoms with E-state index in [4.69, 9.17) is 10.2 Å². The first-order valence-corrected chi connectivity index (χ1v) is 12.9. The van der Waals surface area contributed by atoms with Crippen molar-refractivity contribution in [2.75, 3.05) is 26.3 Å². The van der Waals surface area contributed by atoms with Crippen LogP contribution in [0.2, 0.25) is 0 Å². The van der Waals surface area contributed by atoms with E-state index < -0.39 is 98.9 Å². The summed E-state index contributed by atoms with van der Waals surface area (Å²) in [5.41, 5.74) is -0.179. The normalized spacial score (nSPS) is 18.8. The first-order valence-electron chi connectivity index (χ1n) is 12.9. The van der Waals surface area contributed by atoms with E-state index in [0.717, 1.165) is 0 Å². The van der Waals surface area contributed by atoms with E-state index in [1.807, 2.05) is 20.8 Å². The van der Waals surface area contributed by atoms with Gasteiger partial charge in [0.2, 0.25) is 17.7 Å². The lowest BCUT2D eigenvalue weighted by atomic mass is 9.90. The highest BCUT2D eigenvalue weighted by atomic mass is 16.4. The molecule has 16 nitrogen and oxygen atoms in total. The van der Waals surface area contributed by atoms with Crippen molar-refractivity contribution >= 4 is 17.7 Å². The summed E-state index contributed by atoms with van der Waals surface area (Å²) in [5.74, 6) is -2.04. The van der Waals surface area contributed by atoms with Crippen LogP contribution in [0, 0.1) is 5.41 Å². The highest BCUT2D eigenvalue weighted by Gasteiger charge is 2.32. The lowest BCUT2D eigenvalue weighted by molar-refractivity contribution is -0.132. The first-order chi connectivity index (χ1) is 18.4. The van der Waals surface area contributed by atoms with Crippen LogP contribution < -0.4 is 16.0 Å². The van der Waals surface area contributed by atoms with Crippen LogP contribution in [0.1, 0.15) is 46.5 Å². The molecular weight excluding hydrogens is 538 g/mol. The van der Waals surface area contributed by atoms with Crippen molar-refractivity contribution in [1.82, 2.24) is 16.0 Å². The zero-order chi connectivity index (χ0) is 31.2. The van der Waals surface area contributed by atoms with Crippen LogP contribution in [-0.2, 0) is 14.4 Å². The van der Waals surface area contributed by atoms with Gasteiger partial charge in [-0.3, -0.25) is 14.4 Å². The summed E-state index contributed by atoms with van der Waals surface area (Å²) in [6, 6.07) is -1.27. The Morgan fingerprint density at radius 2 is 1.05 bits per heavy atom. The van der Waals surface area contributed by atoms with Gasteiger partial charge in [-0.25, -0.2) is 0 Å². The molecule has 0 fully saturated rings. The van der Waals surface area contributed by atoms with E-state index in [2.05, 4.69) is 16.0 Å². The van der Waals surface area contributed by atoms with Crippen molar-refractivity contribution in [3.05, 3.63) is 0 Å². The molecule has 0 radical (unpaired) electrons. The summed E-state index contributed by atoms with van der Waals surface area (Å²) in [7, 11) is 0. The van der Waals surface area contributed by atoms with Gasteiger partial charge < -0.3 is 67.0 Å². The van der Waals surface area contributed by atoms with Crippen LogP contribution >= 0.6 is 0 Å². The third-order valence-electron chi connectivity index (χ3n) is 6.06. The minimum Gasteiger partial charge on any atom is -0.394 e. The molecule has 13 N–H and O–H groups in total. The summed E-state index contributed by atoms with van der Waals surface area (Å²) in [5, 5.41) is 102. The third kappa shape index (κ3) is 14.6. The van der Waals surface area contributed by atoms with Gasteiger partial charge in [0.15, 0.2) is 0 Å². The molecule has 9 atom stereocenters. The first kappa shape index (κ1) is 38.0. The minimum absolute atomic E-state index is 0.0676. The van der Waals surface area contributed by atoms with Crippen molar-refractivity contribution in [3.63, 3.8) is 0 Å². The third-order valence-corrected chi connectivity index (χ3v) is 6.06. The Bertz CT molecular complexity index is 767. The van der Waals surface area contributed by atoms with Crippen LogP contribution in [0.5, 0.6) is 0 Å². The molecule has 0 heterocycles. The number of nitrogens with one attached hydrogen (secondary N) is 3. The molecule has 0 aliphatic heterocycles. The molecule has 3 amide bonds. The molecule has 0 aromatic carbocycles. The number of hydrogen-bond acceptors (Lipinski definition) is 13. The minimum atomic E-state index is -1.92. The molecule has 0 aromatic heterocycles. The van der Waals surface area contributed by atoms with E-state index in [0.29, 0.717) is 6.42 Å². The number of carbonyl (C=O) groups excluding carboxylic acids is 3. The van der Waals surface area contributed by atoms with Gasteiger partial charge in [-0.15, -0.1) is 0 Å². The second-order valence-electron chi connectivity index (χ2n) is 10.9. The molecule has 0 aromatic rings. The fourth-order valence-electron chi connectivity index (χ4n) is 3.30. The number of amides is 3. The Morgan fingerprint density at radius 1 is 0.625 bits per heavy atom. The summed E-state index contributed by atoms with van der Waals surface area (Å²) in [6.45, 7) is 2.83. The van der Waals surface area contributed by atoms with Crippen molar-refractivity contribution < 1.29 is 65.4 Å². The number of rotatable bonds is 19. The van der Waals surface area contributed by atoms with Crippen molar-refractivity contribution in [2.45, 2.75) is 101 Å². The van der Waals surface area contributed by atoms with Crippen LogP contribution in [0.4, 0.5) is 0 Å². The maximum Gasteiger partial charge on any atom is 0.242 e. The number of aliphatic hydroxyl groups is 10. The summed E-state index contributed by atoms with van der Waals surface area (Å²) in [6.07, 6.45) is -14.6. The predicted octanol–water partition coefficient (Wildman–Crippen LogP) is -5.82. The van der Waals surface area contributed by atoms with Gasteiger partial charge in [-0.05, 0) is 18.3 Å². The molecule has 236 valence electrons. The predicted molar refractivity (Wildman–Crippen MR) is 138 cm³/mol. The lowest BCUT2D eigenvalue weighted by Crippen LogP contribution is -2.53. The molecular formula is C24H47N3O13. The molecule has 0 aliphatic rings. The van der Waals surface area contributed by atoms with Crippen LogP contribution in [0.15, 0.2) is 0 Å². The van der Waals surface area contributed by atoms with Gasteiger partial charge in [0.25, 0.3) is 0 Å². The van der Waals surface area contributed by atoms with Gasteiger partial charge >= 0.3 is 0 Å². The number of aliphatic hydroxyl groups excluding tert-OH is 10. The Balaban J connectivity index is 5.15. The quantitative estimate of drug-likeness (QED) is 0.0673. The molecule has 0 saturated heterocycles. The Morgan fingerprint density at radius 3 is 1.48 bits per heavy atom. The van der Waals surface area contributed by atoms with Gasteiger partial charge in [-0.1, -0.05) is 20.8 Å². The van der Waals surface area contributed by atoms with Gasteiger partial charge in [-0.2, -0.15) is 0 Å². The zero-order valence-corrected chi connectivity index (χ0v) is 23.0. The Hall–Kier alpha value is -1.99. The molecule has 0 aliphatic carbocycles. The average Bonchev–Trinajstić information content (AvgIpc) is 2.92. The molecule has 0 unspecified atom stereocenters. The van der Waals surface area contributed by atoms with E-state index >= 15 is 0 Å². The molecule has 0 spiro atoms. The number of hydrogen-bond donors (Lipinski definition) is 13. The fraction of sp³-hybridized carbons (Fsp3) is 0.875. The molecule has 0 bridgehead atoms. The Labute approximate surface area is 232 Å². The van der Waals surface area contributed by atoms with Crippen molar-refractivity contribution in [3.8, 4) is 0 Å². The monoisotopic (exact) mass is 585 g/mol. The summed E-state index contributed by atoms with van der Waals surface area (Å²) >= 11 is 0. The molecule has 16 heteroatoms. The maximum absolute atomic E-state index is 12.8. The summed E-state index contributed by atoms with van der Waals surface area (Å²) in [4.78, 5) is 37.5. The topological polar surface area (TPSA) is 290 Å². The van der Waals surface area contributed by atoms with Gasteiger partial charge in [0, 0.05) is 25.9 Å². The van der Waals surface area contributed by atoms with Crippen LogP contribution in [0.3, 0.4) is 0 Å². The second kappa shape index (κ2) is 18.4. The highest BCUT2D eigenvalue weighted by Crippen LogP contribution is 2.20. The summed E-state index contributed by atoms with van der Waals surface area (Å²) < 4.78 is 0. The maximum atomic E-state index is 12.8. The van der Waals surface area contributed by atoms with E-state index in [1.54, 1.807) is 0 Å². The second-order valence-corrected chi connectivity index (χ2v) is 10.9. The fourth-order valence-corrected chi connectivity index (χ4v) is 3.30. The smallest absolute Gasteiger partial charge is 0.242 e. The largest absolute Gasteiger partial charge is 0.394 e. The van der Waals surface area contributed by atoms with Gasteiger partial charge in [0.1, 0.15) is 42.7 Å². The average molecular weight is 586 g/mol. The van der Waals surface area contributed by atoms with E-state index in [9.17, 15) is 55.2 Å². The number of carbonyl (C=O) groups is 3. The van der Waals surface area contributed by atoms with Crippen molar-refractivity contribution in [1.29, 1.82) is 0 Å². The molecule has 0 saturated carbocycles.